The molecule has 0 spiro atoms. The minimum Gasteiger partial charge on any atom is -0.481 e. The number of hydrogen-bond acceptors (Lipinski definition) is 3. The van der Waals surface area contributed by atoms with Gasteiger partial charge in [0.05, 0.1) is 5.41 Å². The fraction of sp³-hybridized carbons (Fsp3) is 0.857. The predicted octanol–water partition coefficient (Wildman–Crippen LogP) is 2.65. The summed E-state index contributed by atoms with van der Waals surface area (Å²) < 4.78 is 5.11. The molecule has 0 aromatic rings. The smallest absolute Gasteiger partial charge is 0.407 e. The Bertz CT molecular complexity index is 359. The van der Waals surface area contributed by atoms with Gasteiger partial charge >= 0.3 is 12.1 Å². The molecule has 110 valence electrons. The molecule has 1 aliphatic carbocycles. The van der Waals surface area contributed by atoms with Crippen LogP contribution in [0.1, 0.15) is 47.5 Å². The van der Waals surface area contributed by atoms with Gasteiger partial charge in [-0.2, -0.15) is 0 Å². The van der Waals surface area contributed by atoms with Crippen molar-refractivity contribution in [2.45, 2.75) is 53.1 Å². The molecule has 0 heterocycles. The number of carbonyl (C=O) groups is 2. The van der Waals surface area contributed by atoms with Crippen LogP contribution in [0.4, 0.5) is 4.79 Å². The highest BCUT2D eigenvalue weighted by atomic mass is 16.6. The molecule has 1 fully saturated rings. The number of carboxylic acids is 1. The van der Waals surface area contributed by atoms with Gasteiger partial charge in [0.2, 0.25) is 0 Å². The Morgan fingerprint density at radius 3 is 2.42 bits per heavy atom. The molecule has 5 heteroatoms. The third kappa shape index (κ3) is 4.40. The standard InChI is InChI=1S/C14H25NO4/c1-9(2)6-10-7-14(10,11(16)17)8-15-12(18)19-13(3,4)5/h9-10H,6-8H2,1-5H3,(H,15,18)(H,16,17). The summed E-state index contributed by atoms with van der Waals surface area (Å²) >= 11 is 0. The van der Waals surface area contributed by atoms with Crippen molar-refractivity contribution in [3.63, 3.8) is 0 Å². The summed E-state index contributed by atoms with van der Waals surface area (Å²) in [6.45, 7) is 9.63. The van der Waals surface area contributed by atoms with Gasteiger partial charge in [0.1, 0.15) is 5.60 Å². The number of carbonyl (C=O) groups excluding carboxylic acids is 1. The molecule has 0 saturated heterocycles. The second kappa shape index (κ2) is 5.39. The third-order valence-electron chi connectivity index (χ3n) is 3.36. The number of carboxylic acid groups (broad SMARTS) is 1. The lowest BCUT2D eigenvalue weighted by Crippen LogP contribution is -2.39. The van der Waals surface area contributed by atoms with Crippen LogP contribution < -0.4 is 5.32 Å². The van der Waals surface area contributed by atoms with E-state index < -0.39 is 23.1 Å². The van der Waals surface area contributed by atoms with Gasteiger partial charge in [-0.15, -0.1) is 0 Å². The second-order valence-electron chi connectivity index (χ2n) is 6.85. The van der Waals surface area contributed by atoms with E-state index in [2.05, 4.69) is 19.2 Å². The van der Waals surface area contributed by atoms with Crippen molar-refractivity contribution >= 4 is 12.1 Å². The maximum absolute atomic E-state index is 11.6. The zero-order chi connectivity index (χ0) is 14.8. The zero-order valence-corrected chi connectivity index (χ0v) is 12.4. The zero-order valence-electron chi connectivity index (χ0n) is 12.4. The molecule has 5 nitrogen and oxygen atoms in total. The highest BCUT2D eigenvalue weighted by Crippen LogP contribution is 2.55. The third-order valence-corrected chi connectivity index (χ3v) is 3.36. The van der Waals surface area contributed by atoms with Crippen LogP contribution in [-0.4, -0.2) is 29.3 Å². The lowest BCUT2D eigenvalue weighted by Gasteiger charge is -2.21. The van der Waals surface area contributed by atoms with Gasteiger partial charge in [-0.25, -0.2) is 4.79 Å². The molecular formula is C14H25NO4. The average molecular weight is 271 g/mol. The molecule has 0 radical (unpaired) electrons. The molecule has 2 N–H and O–H groups in total. The summed E-state index contributed by atoms with van der Waals surface area (Å²) in [5.74, 6) is -0.207. The lowest BCUT2D eigenvalue weighted by molar-refractivity contribution is -0.143. The summed E-state index contributed by atoms with van der Waals surface area (Å²) in [5.41, 5.74) is -1.36. The SMILES string of the molecule is CC(C)CC1CC1(CNC(=O)OC(C)(C)C)C(=O)O. The highest BCUT2D eigenvalue weighted by molar-refractivity contribution is 5.80. The predicted molar refractivity (Wildman–Crippen MR) is 71.9 cm³/mol. The molecule has 0 aliphatic heterocycles. The van der Waals surface area contributed by atoms with Crippen molar-refractivity contribution in [1.29, 1.82) is 0 Å². The number of aliphatic carboxylic acids is 1. The normalized spacial score (nSPS) is 26.1. The highest BCUT2D eigenvalue weighted by Gasteiger charge is 2.60. The van der Waals surface area contributed by atoms with Crippen LogP contribution in [-0.2, 0) is 9.53 Å². The van der Waals surface area contributed by atoms with Crippen molar-refractivity contribution in [2.24, 2.45) is 17.3 Å². The molecule has 1 saturated carbocycles. The Labute approximate surface area is 114 Å². The summed E-state index contributed by atoms with van der Waals surface area (Å²) in [5, 5.41) is 11.9. The first-order valence-corrected chi connectivity index (χ1v) is 6.77. The quantitative estimate of drug-likeness (QED) is 0.806. The van der Waals surface area contributed by atoms with E-state index in [-0.39, 0.29) is 12.5 Å². The van der Waals surface area contributed by atoms with E-state index in [4.69, 9.17) is 4.74 Å². The topological polar surface area (TPSA) is 75.6 Å². The number of rotatable bonds is 5. The van der Waals surface area contributed by atoms with Gasteiger partial charge < -0.3 is 15.2 Å². The van der Waals surface area contributed by atoms with Crippen LogP contribution in [0.15, 0.2) is 0 Å². The molecule has 2 unspecified atom stereocenters. The summed E-state index contributed by atoms with van der Waals surface area (Å²) in [7, 11) is 0. The molecular weight excluding hydrogens is 246 g/mol. The molecule has 1 aliphatic rings. The minimum atomic E-state index is -0.825. The maximum Gasteiger partial charge on any atom is 0.407 e. The number of amides is 1. The first kappa shape index (κ1) is 15.8. The van der Waals surface area contributed by atoms with Gasteiger partial charge in [0, 0.05) is 6.54 Å². The van der Waals surface area contributed by atoms with Crippen molar-refractivity contribution in [1.82, 2.24) is 5.32 Å². The molecule has 1 rings (SSSR count). The van der Waals surface area contributed by atoms with Gasteiger partial charge in [-0.3, -0.25) is 4.79 Å². The Morgan fingerprint density at radius 2 is 2.00 bits per heavy atom. The van der Waals surface area contributed by atoms with Crippen LogP contribution in [0.5, 0.6) is 0 Å². The van der Waals surface area contributed by atoms with Crippen LogP contribution in [0.2, 0.25) is 0 Å². The van der Waals surface area contributed by atoms with E-state index >= 15 is 0 Å². The number of hydrogen-bond donors (Lipinski definition) is 2. The Morgan fingerprint density at radius 1 is 1.42 bits per heavy atom. The lowest BCUT2D eigenvalue weighted by atomic mass is 9.98. The van der Waals surface area contributed by atoms with Crippen LogP contribution in [0, 0.1) is 17.3 Å². The summed E-state index contributed by atoms with van der Waals surface area (Å²) in [6.07, 6.45) is 0.960. The largest absolute Gasteiger partial charge is 0.481 e. The average Bonchev–Trinajstić information content (AvgIpc) is 2.86. The first-order valence-electron chi connectivity index (χ1n) is 6.77. The van der Waals surface area contributed by atoms with Crippen LogP contribution in [0.25, 0.3) is 0 Å². The number of ether oxygens (including phenoxy) is 1. The Balaban J connectivity index is 2.50. The van der Waals surface area contributed by atoms with Crippen LogP contribution in [0.3, 0.4) is 0 Å². The molecule has 2 atom stereocenters. The summed E-state index contributed by atoms with van der Waals surface area (Å²) in [4.78, 5) is 22.9. The van der Waals surface area contributed by atoms with Gasteiger partial charge in [-0.05, 0) is 45.4 Å². The van der Waals surface area contributed by atoms with Crippen molar-refractivity contribution in [3.8, 4) is 0 Å². The minimum absolute atomic E-state index is 0.147. The molecule has 1 amide bonds. The first-order chi connectivity index (χ1) is 8.57. The Kier molecular flexibility index (Phi) is 4.48. The number of alkyl carbamates (subject to hydrolysis) is 1. The van der Waals surface area contributed by atoms with Crippen molar-refractivity contribution in [3.05, 3.63) is 0 Å². The van der Waals surface area contributed by atoms with Crippen molar-refractivity contribution in [2.75, 3.05) is 6.54 Å². The van der Waals surface area contributed by atoms with Crippen molar-refractivity contribution < 1.29 is 19.4 Å². The van der Waals surface area contributed by atoms with E-state index in [0.717, 1.165) is 6.42 Å². The van der Waals surface area contributed by atoms with E-state index in [9.17, 15) is 14.7 Å². The fourth-order valence-electron chi connectivity index (χ4n) is 2.36. The van der Waals surface area contributed by atoms with Crippen LogP contribution >= 0.6 is 0 Å². The van der Waals surface area contributed by atoms with Gasteiger partial charge in [0.15, 0.2) is 0 Å². The molecule has 0 aromatic carbocycles. The van der Waals surface area contributed by atoms with E-state index in [1.165, 1.54) is 0 Å². The Hall–Kier alpha value is -1.26. The fourth-order valence-corrected chi connectivity index (χ4v) is 2.36. The molecule has 19 heavy (non-hydrogen) atoms. The maximum atomic E-state index is 11.6. The monoisotopic (exact) mass is 271 g/mol. The van der Waals surface area contributed by atoms with Gasteiger partial charge in [-0.1, -0.05) is 13.8 Å². The van der Waals surface area contributed by atoms with E-state index in [0.29, 0.717) is 12.3 Å². The van der Waals surface area contributed by atoms with E-state index in [1.807, 2.05) is 0 Å². The second-order valence-corrected chi connectivity index (χ2v) is 6.85. The number of nitrogens with one attached hydrogen (secondary N) is 1. The summed E-state index contributed by atoms with van der Waals surface area (Å²) in [6, 6.07) is 0. The molecule has 0 aromatic heterocycles. The molecule has 0 bridgehead atoms. The van der Waals surface area contributed by atoms with E-state index in [1.54, 1.807) is 20.8 Å². The van der Waals surface area contributed by atoms with Gasteiger partial charge in [0.25, 0.3) is 0 Å².